The van der Waals surface area contributed by atoms with Crippen LogP contribution in [0, 0.1) is 13.8 Å². The normalized spacial score (nSPS) is 9.56. The van der Waals surface area contributed by atoms with Gasteiger partial charge in [0.25, 0.3) is 0 Å². The summed E-state index contributed by atoms with van der Waals surface area (Å²) in [7, 11) is 0. The highest BCUT2D eigenvalue weighted by molar-refractivity contribution is 6.31. The molecule has 0 N–H and O–H groups in total. The lowest BCUT2D eigenvalue weighted by Gasteiger charge is -2.00. The molecule has 0 aliphatic carbocycles. The Labute approximate surface area is 102 Å². The summed E-state index contributed by atoms with van der Waals surface area (Å²) in [6.07, 6.45) is 0. The van der Waals surface area contributed by atoms with Crippen LogP contribution in [0.25, 0.3) is 11.3 Å². The molecule has 2 heteroatoms. The fraction of sp³-hybridized carbons (Fsp3) is 0.286. The molecule has 0 aliphatic heterocycles. The third-order valence-corrected chi connectivity index (χ3v) is 2.60. The fourth-order valence-corrected chi connectivity index (χ4v) is 1.52. The van der Waals surface area contributed by atoms with E-state index >= 15 is 0 Å². The molecule has 0 fully saturated rings. The number of furan rings is 1. The van der Waals surface area contributed by atoms with Crippen LogP contribution in [-0.2, 0) is 0 Å². The largest absolute Gasteiger partial charge is 0.461 e. The van der Waals surface area contributed by atoms with Gasteiger partial charge in [0.05, 0.1) is 0 Å². The summed E-state index contributed by atoms with van der Waals surface area (Å²) in [5.41, 5.74) is 2.10. The second-order valence-corrected chi connectivity index (χ2v) is 3.78. The smallest absolute Gasteiger partial charge is 0.134 e. The van der Waals surface area contributed by atoms with Gasteiger partial charge in [-0.3, -0.25) is 0 Å². The Morgan fingerprint density at radius 1 is 1.00 bits per heavy atom. The molecule has 2 aromatic rings. The summed E-state index contributed by atoms with van der Waals surface area (Å²) in [4.78, 5) is 0. The highest BCUT2D eigenvalue weighted by Gasteiger charge is 2.03. The van der Waals surface area contributed by atoms with Crippen LogP contribution >= 0.6 is 11.6 Å². The lowest BCUT2D eigenvalue weighted by atomic mass is 10.1. The lowest BCUT2D eigenvalue weighted by Crippen LogP contribution is -1.77. The Kier molecular flexibility index (Phi) is 4.63. The highest BCUT2D eigenvalue weighted by atomic mass is 35.5. The molecule has 0 saturated carbocycles. The summed E-state index contributed by atoms with van der Waals surface area (Å²) in [5.74, 6) is 1.78. The van der Waals surface area contributed by atoms with Gasteiger partial charge in [0.2, 0.25) is 0 Å². The van der Waals surface area contributed by atoms with E-state index in [1.54, 1.807) is 0 Å². The quantitative estimate of drug-likeness (QED) is 0.660. The molecular weight excluding hydrogens is 220 g/mol. The van der Waals surface area contributed by atoms with Gasteiger partial charge < -0.3 is 4.42 Å². The number of hydrogen-bond acceptors (Lipinski definition) is 1. The Morgan fingerprint density at radius 2 is 1.69 bits per heavy atom. The Bertz CT molecular complexity index is 458. The molecule has 0 unspecified atom stereocenters. The zero-order valence-corrected chi connectivity index (χ0v) is 10.9. The minimum Gasteiger partial charge on any atom is -0.461 e. The summed E-state index contributed by atoms with van der Waals surface area (Å²) >= 11 is 6.03. The third kappa shape index (κ3) is 2.89. The second kappa shape index (κ2) is 5.76. The van der Waals surface area contributed by atoms with Crippen molar-refractivity contribution in [1.29, 1.82) is 0 Å². The van der Waals surface area contributed by atoms with Crippen LogP contribution in [0.3, 0.4) is 0 Å². The van der Waals surface area contributed by atoms with Gasteiger partial charge in [-0.15, -0.1) is 0 Å². The Balaban J connectivity index is 0.000000606. The first-order chi connectivity index (χ1) is 7.66. The van der Waals surface area contributed by atoms with Crippen LogP contribution in [0.2, 0.25) is 5.02 Å². The van der Waals surface area contributed by atoms with Crippen molar-refractivity contribution in [3.63, 3.8) is 0 Å². The predicted octanol–water partition coefficient (Wildman–Crippen LogP) is 5.24. The minimum atomic E-state index is 0.775. The van der Waals surface area contributed by atoms with Gasteiger partial charge in [-0.25, -0.2) is 0 Å². The first-order valence-corrected chi connectivity index (χ1v) is 5.87. The van der Waals surface area contributed by atoms with Gasteiger partial charge in [-0.05, 0) is 37.6 Å². The lowest BCUT2D eigenvalue weighted by molar-refractivity contribution is 0.548. The number of aryl methyl sites for hydroxylation is 2. The summed E-state index contributed by atoms with van der Waals surface area (Å²) in [5, 5.41) is 0.775. The van der Waals surface area contributed by atoms with E-state index in [1.165, 1.54) is 0 Å². The van der Waals surface area contributed by atoms with E-state index in [9.17, 15) is 0 Å². The molecule has 1 nitrogen and oxygen atoms in total. The van der Waals surface area contributed by atoms with Gasteiger partial charge in [-0.1, -0.05) is 37.6 Å². The standard InChI is InChI=1S/C12H11ClO.C2H6/c1-8-3-5-10(7-11(8)13)12-6-4-9(2)14-12;1-2/h3-7H,1-2H3;1-2H3. The van der Waals surface area contributed by atoms with Gasteiger partial charge in [0, 0.05) is 10.6 Å². The average molecular weight is 237 g/mol. The van der Waals surface area contributed by atoms with E-state index in [0.29, 0.717) is 0 Å². The maximum Gasteiger partial charge on any atom is 0.134 e. The molecule has 1 aromatic carbocycles. The number of halogens is 1. The van der Waals surface area contributed by atoms with Crippen molar-refractivity contribution in [2.24, 2.45) is 0 Å². The first-order valence-electron chi connectivity index (χ1n) is 5.50. The van der Waals surface area contributed by atoms with Gasteiger partial charge in [-0.2, -0.15) is 0 Å². The van der Waals surface area contributed by atoms with Crippen LogP contribution in [-0.4, -0.2) is 0 Å². The number of benzene rings is 1. The maximum atomic E-state index is 6.03. The SMILES string of the molecule is CC.Cc1ccc(-c2ccc(C)c(Cl)c2)o1. The van der Waals surface area contributed by atoms with Crippen LogP contribution in [0.15, 0.2) is 34.7 Å². The van der Waals surface area contributed by atoms with Crippen molar-refractivity contribution >= 4 is 11.6 Å². The molecule has 16 heavy (non-hydrogen) atoms. The zero-order chi connectivity index (χ0) is 12.1. The van der Waals surface area contributed by atoms with Crippen molar-refractivity contribution in [1.82, 2.24) is 0 Å². The van der Waals surface area contributed by atoms with Crippen LogP contribution < -0.4 is 0 Å². The first kappa shape index (κ1) is 12.9. The third-order valence-electron chi connectivity index (χ3n) is 2.20. The van der Waals surface area contributed by atoms with E-state index in [2.05, 4.69) is 0 Å². The average Bonchev–Trinajstić information content (AvgIpc) is 2.72. The van der Waals surface area contributed by atoms with E-state index in [1.807, 2.05) is 58.0 Å². The molecule has 86 valence electrons. The monoisotopic (exact) mass is 236 g/mol. The molecule has 1 heterocycles. The van der Waals surface area contributed by atoms with Crippen molar-refractivity contribution in [3.8, 4) is 11.3 Å². The maximum absolute atomic E-state index is 6.03. The zero-order valence-electron chi connectivity index (χ0n) is 10.2. The summed E-state index contributed by atoms with van der Waals surface area (Å²) < 4.78 is 5.51. The van der Waals surface area contributed by atoms with E-state index in [-0.39, 0.29) is 0 Å². The minimum absolute atomic E-state index is 0.775. The van der Waals surface area contributed by atoms with Crippen molar-refractivity contribution in [2.45, 2.75) is 27.7 Å². The van der Waals surface area contributed by atoms with Crippen molar-refractivity contribution < 1.29 is 4.42 Å². The van der Waals surface area contributed by atoms with Crippen LogP contribution in [0.5, 0.6) is 0 Å². The van der Waals surface area contributed by atoms with Gasteiger partial charge in [0.1, 0.15) is 11.5 Å². The molecule has 0 saturated heterocycles. The Morgan fingerprint density at radius 3 is 2.19 bits per heavy atom. The van der Waals surface area contributed by atoms with Crippen LogP contribution in [0.4, 0.5) is 0 Å². The summed E-state index contributed by atoms with van der Waals surface area (Å²) in [6, 6.07) is 9.84. The van der Waals surface area contributed by atoms with Crippen molar-refractivity contribution in [3.05, 3.63) is 46.7 Å². The van der Waals surface area contributed by atoms with Gasteiger partial charge >= 0.3 is 0 Å². The van der Waals surface area contributed by atoms with Gasteiger partial charge in [0.15, 0.2) is 0 Å². The predicted molar refractivity (Wildman–Crippen MR) is 70.0 cm³/mol. The molecule has 0 radical (unpaired) electrons. The molecule has 2 rings (SSSR count). The molecule has 0 amide bonds. The highest BCUT2D eigenvalue weighted by Crippen LogP contribution is 2.26. The molecule has 1 aromatic heterocycles. The topological polar surface area (TPSA) is 13.1 Å². The molecular formula is C14H17ClO. The van der Waals surface area contributed by atoms with Crippen molar-refractivity contribution in [2.75, 3.05) is 0 Å². The second-order valence-electron chi connectivity index (χ2n) is 3.37. The number of hydrogen-bond donors (Lipinski definition) is 0. The van der Waals surface area contributed by atoms with E-state index < -0.39 is 0 Å². The van der Waals surface area contributed by atoms with E-state index in [4.69, 9.17) is 16.0 Å². The fourth-order valence-electron chi connectivity index (χ4n) is 1.34. The number of rotatable bonds is 1. The molecule has 0 spiro atoms. The Hall–Kier alpha value is -1.21. The van der Waals surface area contributed by atoms with E-state index in [0.717, 1.165) is 27.7 Å². The molecule has 0 bridgehead atoms. The molecule has 0 atom stereocenters. The molecule has 0 aliphatic rings. The van der Waals surface area contributed by atoms with Crippen LogP contribution in [0.1, 0.15) is 25.2 Å². The summed E-state index contributed by atoms with van der Waals surface area (Å²) in [6.45, 7) is 7.92.